The van der Waals surface area contributed by atoms with Crippen molar-refractivity contribution >= 4 is 35.0 Å². The molecule has 0 saturated heterocycles. The molecule has 3 rings (SSSR count). The molecule has 1 heterocycles. The van der Waals surface area contributed by atoms with Crippen LogP contribution in [0.15, 0.2) is 41.3 Å². The number of nitrogens with one attached hydrogen (secondary N) is 1. The molecule has 2 aromatic rings. The zero-order valence-corrected chi connectivity index (χ0v) is 19.1. The number of anilines is 2. The molecule has 1 aliphatic rings. The molecule has 0 unspecified atom stereocenters. The van der Waals surface area contributed by atoms with E-state index in [1.54, 1.807) is 30.5 Å². The molecule has 1 N–H and O–H groups in total. The van der Waals surface area contributed by atoms with Gasteiger partial charge in [0, 0.05) is 34.8 Å². The summed E-state index contributed by atoms with van der Waals surface area (Å²) in [6.07, 6.45) is -1.29. The fourth-order valence-electron chi connectivity index (χ4n) is 3.68. The van der Waals surface area contributed by atoms with Gasteiger partial charge in [-0.1, -0.05) is 12.1 Å². The summed E-state index contributed by atoms with van der Waals surface area (Å²) in [5.74, 6) is -0.0196. The van der Waals surface area contributed by atoms with E-state index in [1.807, 2.05) is 19.0 Å². The lowest BCUT2D eigenvalue weighted by Gasteiger charge is -2.20. The summed E-state index contributed by atoms with van der Waals surface area (Å²) in [6.45, 7) is 1.09. The van der Waals surface area contributed by atoms with Gasteiger partial charge in [0.2, 0.25) is 0 Å². The molecule has 9 heteroatoms. The van der Waals surface area contributed by atoms with Gasteiger partial charge in [-0.2, -0.15) is 13.2 Å². The number of urea groups is 1. The normalized spacial score (nSPS) is 13.4. The molecule has 172 valence electrons. The van der Waals surface area contributed by atoms with Gasteiger partial charge in [-0.05, 0) is 69.6 Å². The number of carbonyl (C=O) groups is 2. The number of Topliss-reactive ketones (excluding diaryl/α,β-unsaturated/α-hetero) is 1. The van der Waals surface area contributed by atoms with Crippen LogP contribution < -0.4 is 10.2 Å². The number of alkyl halides is 3. The number of thioether (sulfide) groups is 1. The monoisotopic (exact) mass is 465 g/mol. The van der Waals surface area contributed by atoms with Crippen LogP contribution in [-0.2, 0) is 12.6 Å². The number of amides is 2. The molecule has 0 atom stereocenters. The Balaban J connectivity index is 1.75. The highest BCUT2D eigenvalue weighted by atomic mass is 32.2. The van der Waals surface area contributed by atoms with Crippen molar-refractivity contribution < 1.29 is 22.8 Å². The number of hydrogen-bond acceptors (Lipinski definition) is 4. The van der Waals surface area contributed by atoms with Crippen molar-refractivity contribution in [2.45, 2.75) is 30.3 Å². The Morgan fingerprint density at radius 2 is 1.94 bits per heavy atom. The maximum Gasteiger partial charge on any atom is 0.417 e. The largest absolute Gasteiger partial charge is 0.417 e. The Morgan fingerprint density at radius 1 is 1.19 bits per heavy atom. The zero-order chi connectivity index (χ0) is 23.5. The molecule has 32 heavy (non-hydrogen) atoms. The first-order valence-electron chi connectivity index (χ1n) is 10.2. The molecule has 1 aliphatic heterocycles. The molecule has 0 aliphatic carbocycles. The fraction of sp³-hybridized carbons (Fsp3) is 0.391. The van der Waals surface area contributed by atoms with Crippen LogP contribution in [-0.4, -0.2) is 50.2 Å². The van der Waals surface area contributed by atoms with E-state index >= 15 is 0 Å². The van der Waals surface area contributed by atoms with E-state index < -0.39 is 17.8 Å². The molecule has 2 amide bonds. The second kappa shape index (κ2) is 9.95. The van der Waals surface area contributed by atoms with E-state index in [-0.39, 0.29) is 16.4 Å². The average molecular weight is 466 g/mol. The smallest absolute Gasteiger partial charge is 0.309 e. The second-order valence-electron chi connectivity index (χ2n) is 7.92. The van der Waals surface area contributed by atoms with Crippen LogP contribution in [0.4, 0.5) is 29.3 Å². The van der Waals surface area contributed by atoms with Crippen LogP contribution in [0.1, 0.15) is 34.3 Å². The SMILES string of the molecule is CSc1cc2c(cc1C(F)(F)F)N(C(=O)Nc1cccc(C(=O)CCCN(C)C)c1)CC2. The average Bonchev–Trinajstić information content (AvgIpc) is 3.15. The predicted molar refractivity (Wildman–Crippen MR) is 122 cm³/mol. The molecule has 0 bridgehead atoms. The van der Waals surface area contributed by atoms with Gasteiger partial charge in [0.15, 0.2) is 5.78 Å². The van der Waals surface area contributed by atoms with Crippen LogP contribution in [0.3, 0.4) is 0 Å². The topological polar surface area (TPSA) is 52.7 Å². The molecule has 0 fully saturated rings. The minimum atomic E-state index is -4.50. The van der Waals surface area contributed by atoms with Crippen molar-refractivity contribution in [1.29, 1.82) is 0 Å². The molecule has 0 spiro atoms. The molecular weight excluding hydrogens is 439 g/mol. The Hall–Kier alpha value is -2.52. The summed E-state index contributed by atoms with van der Waals surface area (Å²) in [6, 6.07) is 8.68. The minimum Gasteiger partial charge on any atom is -0.309 e. The van der Waals surface area contributed by atoms with E-state index in [2.05, 4.69) is 5.32 Å². The number of ketones is 1. The Labute approximate surface area is 190 Å². The number of hydrogen-bond donors (Lipinski definition) is 1. The van der Waals surface area contributed by atoms with E-state index in [0.29, 0.717) is 36.2 Å². The number of fused-ring (bicyclic) bond motifs is 1. The third kappa shape index (κ3) is 5.63. The first-order chi connectivity index (χ1) is 15.1. The lowest BCUT2D eigenvalue weighted by molar-refractivity contribution is -0.139. The molecule has 5 nitrogen and oxygen atoms in total. The third-order valence-electron chi connectivity index (χ3n) is 5.29. The maximum absolute atomic E-state index is 13.5. The van der Waals surface area contributed by atoms with Crippen molar-refractivity contribution in [3.63, 3.8) is 0 Å². The Kier molecular flexibility index (Phi) is 7.51. The van der Waals surface area contributed by atoms with Crippen LogP contribution in [0.25, 0.3) is 0 Å². The van der Waals surface area contributed by atoms with Crippen LogP contribution in [0.2, 0.25) is 0 Å². The summed E-state index contributed by atoms with van der Waals surface area (Å²) in [5.41, 5.74) is 1.16. The Morgan fingerprint density at radius 3 is 2.59 bits per heavy atom. The number of carbonyl (C=O) groups excluding carboxylic acids is 2. The summed E-state index contributed by atoms with van der Waals surface area (Å²) >= 11 is 1.04. The molecule has 0 aromatic heterocycles. The lowest BCUT2D eigenvalue weighted by Crippen LogP contribution is -2.33. The van der Waals surface area contributed by atoms with E-state index in [9.17, 15) is 22.8 Å². The molecule has 2 aromatic carbocycles. The fourth-order valence-corrected chi connectivity index (χ4v) is 4.33. The van der Waals surface area contributed by atoms with Crippen LogP contribution in [0, 0.1) is 0 Å². The van der Waals surface area contributed by atoms with Crippen LogP contribution in [0.5, 0.6) is 0 Å². The Bertz CT molecular complexity index is 1010. The van der Waals surface area contributed by atoms with Gasteiger partial charge in [-0.3, -0.25) is 9.69 Å². The first kappa shape index (κ1) is 24.1. The summed E-state index contributed by atoms with van der Waals surface area (Å²) < 4.78 is 40.4. The van der Waals surface area contributed by atoms with Crippen molar-refractivity contribution in [1.82, 2.24) is 4.90 Å². The summed E-state index contributed by atoms with van der Waals surface area (Å²) in [7, 11) is 3.88. The molecule has 0 radical (unpaired) electrons. The highest BCUT2D eigenvalue weighted by molar-refractivity contribution is 7.98. The van der Waals surface area contributed by atoms with Gasteiger partial charge >= 0.3 is 12.2 Å². The van der Waals surface area contributed by atoms with Crippen molar-refractivity contribution in [2.24, 2.45) is 0 Å². The maximum atomic E-state index is 13.5. The van der Waals surface area contributed by atoms with Gasteiger partial charge in [-0.15, -0.1) is 11.8 Å². The van der Waals surface area contributed by atoms with E-state index in [0.717, 1.165) is 30.8 Å². The lowest BCUT2D eigenvalue weighted by atomic mass is 10.1. The van der Waals surface area contributed by atoms with Gasteiger partial charge < -0.3 is 10.2 Å². The van der Waals surface area contributed by atoms with Crippen LogP contribution >= 0.6 is 11.8 Å². The highest BCUT2D eigenvalue weighted by Gasteiger charge is 2.36. The molecular formula is C23H26F3N3O2S. The van der Waals surface area contributed by atoms with Gasteiger partial charge in [0.05, 0.1) is 5.56 Å². The first-order valence-corrected chi connectivity index (χ1v) is 11.5. The van der Waals surface area contributed by atoms with Crippen molar-refractivity contribution in [3.8, 4) is 0 Å². The zero-order valence-electron chi connectivity index (χ0n) is 18.3. The van der Waals surface area contributed by atoms with E-state index in [1.165, 1.54) is 11.0 Å². The standard InChI is InChI=1S/C23H26F3N3O2S/c1-28(2)10-5-8-20(30)16-6-4-7-17(12-16)27-22(31)29-11-9-15-13-21(32-3)18(14-19(15)29)23(24,25)26/h4,6-7,12-14H,5,8-11H2,1-3H3,(H,27,31). The second-order valence-corrected chi connectivity index (χ2v) is 8.77. The van der Waals surface area contributed by atoms with Crippen molar-refractivity contribution in [3.05, 3.63) is 53.1 Å². The predicted octanol–water partition coefficient (Wildman–Crippen LogP) is 5.55. The third-order valence-corrected chi connectivity index (χ3v) is 6.07. The number of halogens is 3. The van der Waals surface area contributed by atoms with Gasteiger partial charge in [-0.25, -0.2) is 4.79 Å². The minimum absolute atomic E-state index is 0.0196. The number of benzene rings is 2. The summed E-state index contributed by atoms with van der Waals surface area (Å²) in [4.78, 5) is 28.8. The number of nitrogens with zero attached hydrogens (tertiary/aromatic N) is 2. The molecule has 0 saturated carbocycles. The van der Waals surface area contributed by atoms with E-state index in [4.69, 9.17) is 0 Å². The van der Waals surface area contributed by atoms with Gasteiger partial charge in [0.25, 0.3) is 0 Å². The van der Waals surface area contributed by atoms with Crippen molar-refractivity contribution in [2.75, 3.05) is 43.7 Å². The summed E-state index contributed by atoms with van der Waals surface area (Å²) in [5, 5.41) is 2.72. The van der Waals surface area contributed by atoms with Gasteiger partial charge in [0.1, 0.15) is 0 Å². The quantitative estimate of drug-likeness (QED) is 0.431. The highest BCUT2D eigenvalue weighted by Crippen LogP contribution is 2.42. The number of rotatable bonds is 7.